The van der Waals surface area contributed by atoms with Crippen LogP contribution in [0.3, 0.4) is 0 Å². The summed E-state index contributed by atoms with van der Waals surface area (Å²) < 4.78 is 5.25. The maximum Gasteiger partial charge on any atom is 0.117 e. The van der Waals surface area contributed by atoms with Crippen LogP contribution in [0.1, 0.15) is 27.7 Å². The maximum absolute atomic E-state index is 9.83. The highest BCUT2D eigenvalue weighted by atomic mass is 16.6. The van der Waals surface area contributed by atoms with Crippen LogP contribution in [0.5, 0.6) is 0 Å². The second kappa shape index (κ2) is 3.65. The topological polar surface area (TPSA) is 53.0 Å². The van der Waals surface area contributed by atoms with E-state index in [4.69, 9.17) is 4.74 Å². The largest absolute Gasteiger partial charge is 0.388 e. The summed E-state index contributed by atoms with van der Waals surface area (Å²) in [6.07, 6.45) is -1.22. The molecule has 1 aliphatic rings. The number of hydrogen-bond acceptors (Lipinski definition) is 3. The Kier molecular flexibility index (Phi) is 3.04. The number of ether oxygens (including phenoxy) is 1. The van der Waals surface area contributed by atoms with Crippen molar-refractivity contribution in [2.75, 3.05) is 0 Å². The van der Waals surface area contributed by atoms with Crippen molar-refractivity contribution in [3.8, 4) is 0 Å². The highest BCUT2D eigenvalue weighted by Gasteiger charge is 2.53. The SMILES string of the molecule is C=C(C(C)C)[C@H](O)[C@@H]1O[C@H]1C(C)(C)O. The molecule has 1 aliphatic heterocycles. The quantitative estimate of drug-likeness (QED) is 0.528. The third kappa shape index (κ3) is 2.35. The summed E-state index contributed by atoms with van der Waals surface area (Å²) in [4.78, 5) is 0. The molecular formula is C11H20O3. The zero-order valence-corrected chi connectivity index (χ0v) is 9.32. The van der Waals surface area contributed by atoms with Crippen molar-refractivity contribution in [1.82, 2.24) is 0 Å². The lowest BCUT2D eigenvalue weighted by Gasteiger charge is -2.17. The van der Waals surface area contributed by atoms with E-state index in [-0.39, 0.29) is 18.1 Å². The fourth-order valence-corrected chi connectivity index (χ4v) is 1.48. The summed E-state index contributed by atoms with van der Waals surface area (Å²) in [6.45, 7) is 11.1. The summed E-state index contributed by atoms with van der Waals surface area (Å²) >= 11 is 0. The van der Waals surface area contributed by atoms with Gasteiger partial charge >= 0.3 is 0 Å². The van der Waals surface area contributed by atoms with Gasteiger partial charge in [0.2, 0.25) is 0 Å². The Balaban J connectivity index is 2.51. The molecule has 0 aromatic rings. The fourth-order valence-electron chi connectivity index (χ4n) is 1.48. The minimum atomic E-state index is -0.886. The Hall–Kier alpha value is -0.380. The molecule has 14 heavy (non-hydrogen) atoms. The van der Waals surface area contributed by atoms with E-state index in [2.05, 4.69) is 6.58 Å². The van der Waals surface area contributed by atoms with Gasteiger partial charge in [-0.3, -0.25) is 0 Å². The average molecular weight is 200 g/mol. The van der Waals surface area contributed by atoms with E-state index in [0.29, 0.717) is 0 Å². The van der Waals surface area contributed by atoms with Gasteiger partial charge in [-0.1, -0.05) is 20.4 Å². The first kappa shape index (κ1) is 11.7. The van der Waals surface area contributed by atoms with Gasteiger partial charge in [-0.05, 0) is 25.3 Å². The third-order valence-electron chi connectivity index (χ3n) is 2.65. The van der Waals surface area contributed by atoms with E-state index in [1.807, 2.05) is 13.8 Å². The first-order chi connectivity index (χ1) is 6.25. The van der Waals surface area contributed by atoms with E-state index in [1.54, 1.807) is 13.8 Å². The van der Waals surface area contributed by atoms with E-state index < -0.39 is 11.7 Å². The van der Waals surface area contributed by atoms with Crippen molar-refractivity contribution in [2.24, 2.45) is 5.92 Å². The summed E-state index contributed by atoms with van der Waals surface area (Å²) in [5.74, 6) is 0.233. The molecule has 1 rings (SSSR count). The Bertz CT molecular complexity index is 227. The van der Waals surface area contributed by atoms with Crippen LogP contribution in [0.2, 0.25) is 0 Å². The molecule has 0 spiro atoms. The maximum atomic E-state index is 9.83. The summed E-state index contributed by atoms with van der Waals surface area (Å²) in [5, 5.41) is 19.5. The standard InChI is InChI=1S/C11H20O3/c1-6(2)7(3)8(12)9-10(14-9)11(4,5)13/h6,8-10,12-13H,3H2,1-2,4-5H3/t8-,9-,10+/m0/s1. The second-order valence-electron chi connectivity index (χ2n) is 4.85. The molecule has 3 heteroatoms. The third-order valence-corrected chi connectivity index (χ3v) is 2.65. The molecule has 0 radical (unpaired) electrons. The zero-order valence-electron chi connectivity index (χ0n) is 9.32. The molecule has 3 atom stereocenters. The Morgan fingerprint density at radius 2 is 1.93 bits per heavy atom. The molecule has 1 saturated heterocycles. The molecule has 0 amide bonds. The summed E-state index contributed by atoms with van der Waals surface area (Å²) in [6, 6.07) is 0. The molecule has 1 heterocycles. The van der Waals surface area contributed by atoms with Crippen LogP contribution in [0.4, 0.5) is 0 Å². The molecule has 0 bridgehead atoms. The van der Waals surface area contributed by atoms with Crippen molar-refractivity contribution in [1.29, 1.82) is 0 Å². The predicted octanol–water partition coefficient (Wildman–Crippen LogP) is 1.10. The molecule has 2 N–H and O–H groups in total. The Morgan fingerprint density at radius 3 is 2.21 bits per heavy atom. The van der Waals surface area contributed by atoms with E-state index in [1.165, 1.54) is 0 Å². The van der Waals surface area contributed by atoms with Gasteiger partial charge in [0, 0.05) is 0 Å². The highest BCUT2D eigenvalue weighted by Crippen LogP contribution is 2.37. The van der Waals surface area contributed by atoms with Crippen LogP contribution < -0.4 is 0 Å². The van der Waals surface area contributed by atoms with Gasteiger partial charge in [0.05, 0.1) is 5.60 Å². The van der Waals surface area contributed by atoms with Gasteiger partial charge in [-0.2, -0.15) is 0 Å². The number of aliphatic hydroxyl groups excluding tert-OH is 1. The zero-order chi connectivity index (χ0) is 11.1. The number of aliphatic hydroxyl groups is 2. The molecule has 0 aromatic heterocycles. The highest BCUT2D eigenvalue weighted by molar-refractivity contribution is 5.14. The lowest BCUT2D eigenvalue weighted by molar-refractivity contribution is 0.0481. The van der Waals surface area contributed by atoms with Crippen LogP contribution in [-0.4, -0.2) is 34.1 Å². The minimum Gasteiger partial charge on any atom is -0.388 e. The fraction of sp³-hybridized carbons (Fsp3) is 0.818. The monoisotopic (exact) mass is 200 g/mol. The molecular weight excluding hydrogens is 180 g/mol. The summed E-state index contributed by atoms with van der Waals surface area (Å²) in [7, 11) is 0. The van der Waals surface area contributed by atoms with Gasteiger partial charge in [0.15, 0.2) is 0 Å². The molecule has 82 valence electrons. The van der Waals surface area contributed by atoms with E-state index in [0.717, 1.165) is 5.57 Å². The normalized spacial score (nSPS) is 29.1. The van der Waals surface area contributed by atoms with Crippen molar-refractivity contribution in [3.05, 3.63) is 12.2 Å². The smallest absolute Gasteiger partial charge is 0.117 e. The van der Waals surface area contributed by atoms with Crippen LogP contribution in [0, 0.1) is 5.92 Å². The average Bonchev–Trinajstić information content (AvgIpc) is 2.78. The molecule has 0 saturated carbocycles. The molecule has 0 aromatic carbocycles. The lowest BCUT2D eigenvalue weighted by atomic mass is 9.93. The first-order valence-electron chi connectivity index (χ1n) is 4.99. The van der Waals surface area contributed by atoms with Gasteiger partial charge in [-0.15, -0.1) is 0 Å². The van der Waals surface area contributed by atoms with E-state index in [9.17, 15) is 10.2 Å². The number of rotatable bonds is 4. The van der Waals surface area contributed by atoms with Crippen LogP contribution in [0.25, 0.3) is 0 Å². The lowest BCUT2D eigenvalue weighted by Crippen LogP contribution is -2.32. The van der Waals surface area contributed by atoms with Gasteiger partial charge in [0.25, 0.3) is 0 Å². The van der Waals surface area contributed by atoms with Crippen molar-refractivity contribution < 1.29 is 14.9 Å². The molecule has 3 nitrogen and oxygen atoms in total. The van der Waals surface area contributed by atoms with Crippen LogP contribution >= 0.6 is 0 Å². The minimum absolute atomic E-state index is 0.233. The van der Waals surface area contributed by atoms with E-state index >= 15 is 0 Å². The van der Waals surface area contributed by atoms with Crippen LogP contribution in [-0.2, 0) is 4.74 Å². The molecule has 0 aliphatic carbocycles. The predicted molar refractivity (Wildman–Crippen MR) is 54.9 cm³/mol. The Labute approximate surface area is 85.4 Å². The van der Waals surface area contributed by atoms with Crippen LogP contribution in [0.15, 0.2) is 12.2 Å². The van der Waals surface area contributed by atoms with Gasteiger partial charge in [-0.25, -0.2) is 0 Å². The Morgan fingerprint density at radius 1 is 1.43 bits per heavy atom. The summed E-state index contributed by atoms with van der Waals surface area (Å²) in [5.41, 5.74) is -0.120. The number of epoxide rings is 1. The van der Waals surface area contributed by atoms with Crippen molar-refractivity contribution in [2.45, 2.75) is 51.6 Å². The molecule has 0 unspecified atom stereocenters. The molecule has 1 fully saturated rings. The van der Waals surface area contributed by atoms with Crippen molar-refractivity contribution in [3.63, 3.8) is 0 Å². The second-order valence-corrected chi connectivity index (χ2v) is 4.85. The van der Waals surface area contributed by atoms with Gasteiger partial charge < -0.3 is 14.9 Å². The van der Waals surface area contributed by atoms with Crippen molar-refractivity contribution >= 4 is 0 Å². The first-order valence-corrected chi connectivity index (χ1v) is 4.99. The number of hydrogen-bond donors (Lipinski definition) is 2. The van der Waals surface area contributed by atoms with Gasteiger partial charge in [0.1, 0.15) is 18.3 Å².